The summed E-state index contributed by atoms with van der Waals surface area (Å²) in [5, 5.41) is 2.86. The van der Waals surface area contributed by atoms with Gasteiger partial charge in [0.2, 0.25) is 5.95 Å². The van der Waals surface area contributed by atoms with Gasteiger partial charge in [0.1, 0.15) is 18.1 Å². The van der Waals surface area contributed by atoms with Gasteiger partial charge in [-0.05, 0) is 19.3 Å². The summed E-state index contributed by atoms with van der Waals surface area (Å²) in [6.45, 7) is 0.103. The van der Waals surface area contributed by atoms with E-state index in [0.29, 0.717) is 13.0 Å². The van der Waals surface area contributed by atoms with Gasteiger partial charge in [0.25, 0.3) is 0 Å². The second-order valence-corrected chi connectivity index (χ2v) is 7.47. The number of nitrogens with two attached hydrogens (primary N) is 1. The van der Waals surface area contributed by atoms with E-state index in [4.69, 9.17) is 24.7 Å². The molecule has 11 nitrogen and oxygen atoms in total. The fourth-order valence-electron chi connectivity index (χ4n) is 3.20. The minimum atomic E-state index is -0.907. The molecule has 1 atom stereocenters. The van der Waals surface area contributed by atoms with Crippen LogP contribution < -0.4 is 25.3 Å². The monoisotopic (exact) mass is 507 g/mol. The molecule has 0 radical (unpaired) electrons. The summed E-state index contributed by atoms with van der Waals surface area (Å²) in [6.07, 6.45) is 6.05. The molecule has 0 aliphatic carbocycles. The van der Waals surface area contributed by atoms with Gasteiger partial charge in [-0.15, -0.1) is 0 Å². The summed E-state index contributed by atoms with van der Waals surface area (Å²) in [5.74, 6) is -2.48. The van der Waals surface area contributed by atoms with Crippen LogP contribution in [0, 0.1) is 11.6 Å². The van der Waals surface area contributed by atoms with Crippen LogP contribution in [-0.4, -0.2) is 55.9 Å². The Morgan fingerprint density at radius 2 is 1.86 bits per heavy atom. The quantitative estimate of drug-likeness (QED) is 0.225. The average Bonchev–Trinajstić information content (AvgIpc) is 2.89. The van der Waals surface area contributed by atoms with Crippen LogP contribution in [0.4, 0.5) is 14.7 Å². The van der Waals surface area contributed by atoms with E-state index in [1.165, 1.54) is 39.8 Å². The summed E-state index contributed by atoms with van der Waals surface area (Å²) in [5.41, 5.74) is 5.20. The summed E-state index contributed by atoms with van der Waals surface area (Å²) < 4.78 is 54.6. The first-order chi connectivity index (χ1) is 17.4. The predicted molar refractivity (Wildman–Crippen MR) is 125 cm³/mol. The van der Waals surface area contributed by atoms with Crippen LogP contribution >= 0.6 is 0 Å². The molecule has 1 aromatic carbocycles. The van der Waals surface area contributed by atoms with E-state index in [0.717, 1.165) is 18.9 Å². The van der Waals surface area contributed by atoms with Crippen LogP contribution in [0.1, 0.15) is 24.8 Å². The Morgan fingerprint density at radius 3 is 2.42 bits per heavy atom. The minimum Gasteiger partial charge on any atom is -0.494 e. The highest BCUT2D eigenvalue weighted by molar-refractivity contribution is 6.07. The van der Waals surface area contributed by atoms with E-state index < -0.39 is 30.4 Å². The molecular weight excluding hydrogens is 480 g/mol. The molecule has 0 amide bonds. The summed E-state index contributed by atoms with van der Waals surface area (Å²) in [7, 11) is 3.72. The van der Waals surface area contributed by atoms with Crippen molar-refractivity contribution in [3.8, 4) is 17.2 Å². The van der Waals surface area contributed by atoms with Crippen LogP contribution in [0.15, 0.2) is 35.2 Å². The molecular formula is C23H27F2N5O6. The second-order valence-electron chi connectivity index (χ2n) is 7.47. The fourth-order valence-corrected chi connectivity index (χ4v) is 3.20. The number of halogens is 2. The maximum absolute atomic E-state index is 14.5. The van der Waals surface area contributed by atoms with Gasteiger partial charge in [-0.25, -0.2) is 28.5 Å². The number of carbonyl (C=O) groups excluding carboxylic acids is 1. The number of nitrogens with zero attached hydrogens (tertiary/aromatic N) is 3. The molecule has 1 saturated heterocycles. The lowest BCUT2D eigenvalue weighted by Gasteiger charge is -2.20. The SMILES string of the molecule is COC(=O)/C(N)=C/C(=N/C1CCCCO1)Nc1ncc(OCc2c(F)c(OC)cc(OC)c2F)cn1. The maximum Gasteiger partial charge on any atom is 0.354 e. The van der Waals surface area contributed by atoms with Crippen LogP contribution in [0.2, 0.25) is 0 Å². The predicted octanol–water partition coefficient (Wildman–Crippen LogP) is 2.70. The average molecular weight is 507 g/mol. The fraction of sp³-hybridized carbons (Fsp3) is 0.391. The van der Waals surface area contributed by atoms with E-state index in [2.05, 4.69) is 25.0 Å². The maximum atomic E-state index is 14.5. The Kier molecular flexibility index (Phi) is 9.33. The summed E-state index contributed by atoms with van der Waals surface area (Å²) in [6, 6.07) is 1.11. The van der Waals surface area contributed by atoms with Crippen molar-refractivity contribution in [3.05, 3.63) is 47.4 Å². The second kappa shape index (κ2) is 12.6. The molecule has 13 heteroatoms. The van der Waals surface area contributed by atoms with Gasteiger partial charge in [-0.3, -0.25) is 0 Å². The van der Waals surface area contributed by atoms with Gasteiger partial charge in [0, 0.05) is 18.7 Å². The zero-order chi connectivity index (χ0) is 26.1. The largest absolute Gasteiger partial charge is 0.494 e. The zero-order valence-electron chi connectivity index (χ0n) is 20.0. The van der Waals surface area contributed by atoms with Crippen molar-refractivity contribution in [2.75, 3.05) is 33.3 Å². The Morgan fingerprint density at radius 1 is 1.19 bits per heavy atom. The molecule has 0 saturated carbocycles. The first-order valence-electron chi connectivity index (χ1n) is 10.9. The normalized spacial score (nSPS) is 16.3. The molecule has 3 N–H and O–H groups in total. The molecule has 3 rings (SSSR count). The number of nitrogens with one attached hydrogen (secondary N) is 1. The van der Waals surface area contributed by atoms with Crippen molar-refractivity contribution in [2.45, 2.75) is 32.1 Å². The van der Waals surface area contributed by atoms with Crippen LogP contribution in [-0.2, 0) is 20.9 Å². The number of methoxy groups -OCH3 is 3. The molecule has 1 fully saturated rings. The molecule has 1 aliphatic heterocycles. The number of amidine groups is 1. The molecule has 2 aromatic rings. The number of carbonyl (C=O) groups is 1. The van der Waals surface area contributed by atoms with Gasteiger partial charge in [0.05, 0.1) is 39.3 Å². The Bertz CT molecular complexity index is 1090. The zero-order valence-corrected chi connectivity index (χ0v) is 20.0. The highest BCUT2D eigenvalue weighted by Gasteiger charge is 2.21. The molecule has 36 heavy (non-hydrogen) atoms. The Labute approximate surface area is 206 Å². The highest BCUT2D eigenvalue weighted by atomic mass is 19.1. The first kappa shape index (κ1) is 26.6. The molecule has 1 unspecified atom stereocenters. The molecule has 194 valence electrons. The van der Waals surface area contributed by atoms with Crippen molar-refractivity contribution >= 4 is 17.8 Å². The van der Waals surface area contributed by atoms with E-state index in [-0.39, 0.29) is 40.3 Å². The number of hydrogen-bond donors (Lipinski definition) is 2. The lowest BCUT2D eigenvalue weighted by Crippen LogP contribution is -2.23. The summed E-state index contributed by atoms with van der Waals surface area (Å²) >= 11 is 0. The van der Waals surface area contributed by atoms with Crippen molar-refractivity contribution in [1.29, 1.82) is 0 Å². The number of ether oxygens (including phenoxy) is 5. The number of rotatable bonds is 9. The van der Waals surface area contributed by atoms with Crippen molar-refractivity contribution in [3.63, 3.8) is 0 Å². The van der Waals surface area contributed by atoms with Crippen molar-refractivity contribution in [2.24, 2.45) is 10.7 Å². The minimum absolute atomic E-state index is 0.103. The number of anilines is 1. The van der Waals surface area contributed by atoms with Gasteiger partial charge in [-0.1, -0.05) is 0 Å². The number of aromatic nitrogens is 2. The Hall–Kier alpha value is -4.00. The third-order valence-corrected chi connectivity index (χ3v) is 5.07. The van der Waals surface area contributed by atoms with E-state index in [9.17, 15) is 13.6 Å². The first-order valence-corrected chi connectivity index (χ1v) is 10.9. The lowest BCUT2D eigenvalue weighted by molar-refractivity contribution is -0.136. The topological polar surface area (TPSA) is 139 Å². The highest BCUT2D eigenvalue weighted by Crippen LogP contribution is 2.32. The summed E-state index contributed by atoms with van der Waals surface area (Å²) in [4.78, 5) is 24.4. The number of esters is 1. The molecule has 1 aliphatic rings. The third-order valence-electron chi connectivity index (χ3n) is 5.07. The molecule has 2 heterocycles. The van der Waals surface area contributed by atoms with Crippen LogP contribution in [0.3, 0.4) is 0 Å². The standard InChI is InChI=1S/C23H27F2N5O6/c1-32-16-9-17(33-2)21(25)14(20(16)24)12-36-13-10-27-23(28-11-13)30-18(8-15(26)22(31)34-3)29-19-6-4-5-7-35-19/h8-11,19H,4-7,12,26H2,1-3H3,(H,27,28,29,30)/b15-8-. The van der Waals surface area contributed by atoms with Gasteiger partial charge in [0.15, 0.2) is 35.1 Å². The van der Waals surface area contributed by atoms with Crippen molar-refractivity contribution in [1.82, 2.24) is 9.97 Å². The van der Waals surface area contributed by atoms with Gasteiger partial charge in [-0.2, -0.15) is 0 Å². The molecule has 1 aromatic heterocycles. The van der Waals surface area contributed by atoms with Crippen LogP contribution in [0.5, 0.6) is 17.2 Å². The molecule has 0 spiro atoms. The van der Waals surface area contributed by atoms with E-state index >= 15 is 0 Å². The van der Waals surface area contributed by atoms with Crippen LogP contribution in [0.25, 0.3) is 0 Å². The number of aliphatic imine (C=N–C) groups is 1. The van der Waals surface area contributed by atoms with Gasteiger partial charge >= 0.3 is 5.97 Å². The molecule has 0 bridgehead atoms. The van der Waals surface area contributed by atoms with E-state index in [1.807, 2.05) is 0 Å². The number of benzene rings is 1. The Balaban J connectivity index is 1.74. The van der Waals surface area contributed by atoms with E-state index in [1.54, 1.807) is 0 Å². The smallest absolute Gasteiger partial charge is 0.354 e. The number of hydrogen-bond acceptors (Lipinski definition) is 10. The van der Waals surface area contributed by atoms with Crippen molar-refractivity contribution < 1.29 is 37.3 Å². The third kappa shape index (κ3) is 6.78. The van der Waals surface area contributed by atoms with Gasteiger partial charge < -0.3 is 34.7 Å². The lowest BCUT2D eigenvalue weighted by atomic mass is 10.1.